The number of aliphatic hydroxyl groups is 1. The molecule has 2 fully saturated rings. The van der Waals surface area contributed by atoms with Crippen LogP contribution >= 0.6 is 0 Å². The first-order chi connectivity index (χ1) is 14.7. The highest BCUT2D eigenvalue weighted by Crippen LogP contribution is 2.42. The maximum atomic E-state index is 13.7. The first-order valence-corrected chi connectivity index (χ1v) is 10.6. The molecular weight excluding hydrogens is 376 g/mol. The minimum absolute atomic E-state index is 0.0668. The molecule has 2 aromatic carbocycles. The number of hydrogen-bond donors (Lipinski definition) is 1. The van der Waals surface area contributed by atoms with Crippen molar-refractivity contribution in [3.8, 4) is 0 Å². The van der Waals surface area contributed by atoms with Crippen molar-refractivity contribution in [2.75, 3.05) is 13.1 Å². The highest BCUT2D eigenvalue weighted by molar-refractivity contribution is 5.87. The van der Waals surface area contributed by atoms with Gasteiger partial charge in [0.2, 0.25) is 5.91 Å². The number of likely N-dealkylation sites (tertiary alicyclic amines) is 1. The zero-order valence-corrected chi connectivity index (χ0v) is 16.8. The summed E-state index contributed by atoms with van der Waals surface area (Å²) in [6, 6.07) is 20.0. The Morgan fingerprint density at radius 1 is 0.933 bits per heavy atom. The third kappa shape index (κ3) is 3.52. The number of aliphatic hydroxyl groups excluding tert-OH is 1. The van der Waals surface area contributed by atoms with E-state index in [-0.39, 0.29) is 17.9 Å². The second-order valence-electron chi connectivity index (χ2n) is 8.50. The smallest absolute Gasteiger partial charge is 0.234 e. The van der Waals surface area contributed by atoms with Crippen molar-refractivity contribution in [3.05, 3.63) is 84.4 Å². The minimum atomic E-state index is -0.456. The molecule has 4 atom stereocenters. The van der Waals surface area contributed by atoms with Gasteiger partial charge < -0.3 is 10.0 Å². The summed E-state index contributed by atoms with van der Waals surface area (Å²) in [5.41, 5.74) is 2.04. The molecule has 0 unspecified atom stereocenters. The molecule has 1 aromatic heterocycles. The number of fused-ring (bicyclic) bond motifs is 1. The van der Waals surface area contributed by atoms with Crippen LogP contribution in [0.15, 0.2) is 73.3 Å². The van der Waals surface area contributed by atoms with Crippen molar-refractivity contribution in [1.82, 2.24) is 19.7 Å². The second kappa shape index (κ2) is 8.03. The normalized spacial score (nSPS) is 26.0. The Bertz CT molecular complexity index is 937. The summed E-state index contributed by atoms with van der Waals surface area (Å²) < 4.78 is 1.77. The quantitative estimate of drug-likeness (QED) is 0.728. The van der Waals surface area contributed by atoms with Gasteiger partial charge in [-0.2, -0.15) is 5.10 Å². The Kier molecular flexibility index (Phi) is 5.09. The summed E-state index contributed by atoms with van der Waals surface area (Å²) in [6.07, 6.45) is 4.24. The van der Waals surface area contributed by atoms with Crippen LogP contribution < -0.4 is 0 Å². The fourth-order valence-corrected chi connectivity index (χ4v) is 5.21. The number of benzene rings is 2. The van der Waals surface area contributed by atoms with Crippen molar-refractivity contribution in [3.63, 3.8) is 0 Å². The largest absolute Gasteiger partial charge is 0.391 e. The summed E-state index contributed by atoms with van der Waals surface area (Å²) >= 11 is 0. The lowest BCUT2D eigenvalue weighted by Crippen LogP contribution is -2.36. The molecule has 1 aliphatic carbocycles. The molecule has 30 heavy (non-hydrogen) atoms. The zero-order chi connectivity index (χ0) is 20.5. The molecule has 2 heterocycles. The van der Waals surface area contributed by atoms with E-state index in [2.05, 4.69) is 10.1 Å². The van der Waals surface area contributed by atoms with Gasteiger partial charge in [-0.3, -0.25) is 4.79 Å². The Morgan fingerprint density at radius 2 is 1.53 bits per heavy atom. The summed E-state index contributed by atoms with van der Waals surface area (Å²) in [5, 5.41) is 14.9. The maximum absolute atomic E-state index is 13.7. The number of amides is 1. The van der Waals surface area contributed by atoms with Crippen LogP contribution in [-0.2, 0) is 4.79 Å². The summed E-state index contributed by atoms with van der Waals surface area (Å²) in [6.45, 7) is 1.44. The molecule has 1 N–H and O–H groups in total. The Balaban J connectivity index is 1.38. The molecule has 0 bridgehead atoms. The second-order valence-corrected chi connectivity index (χ2v) is 8.50. The average molecular weight is 402 g/mol. The predicted octanol–water partition coefficient (Wildman–Crippen LogP) is 2.88. The number of nitrogens with zero attached hydrogens (tertiary/aromatic N) is 4. The number of carbonyl (C=O) groups excluding carboxylic acids is 1. The average Bonchev–Trinajstić information content (AvgIpc) is 3.44. The van der Waals surface area contributed by atoms with Crippen LogP contribution in [0.4, 0.5) is 0 Å². The number of carbonyl (C=O) groups is 1. The standard InChI is InChI=1S/C24H26N4O2/c29-22-12-20-14-27(13-19(20)11-21(22)28-16-25-15-26-28)24(30)23(17-7-3-1-4-8-17)18-9-5-2-6-10-18/h1-10,15-16,19-23,29H,11-14H2/t19-,20+,21-,22-/m1/s1. The molecule has 0 spiro atoms. The topological polar surface area (TPSA) is 71.2 Å². The van der Waals surface area contributed by atoms with Gasteiger partial charge in [0, 0.05) is 13.1 Å². The van der Waals surface area contributed by atoms with Crippen LogP contribution in [0.2, 0.25) is 0 Å². The SMILES string of the molecule is O=C(C(c1ccccc1)c1ccccc1)N1C[C@H]2C[C@@H](n3cncn3)[C@H](O)C[C@H]2C1. The van der Waals surface area contributed by atoms with E-state index in [1.165, 1.54) is 6.33 Å². The molecular formula is C24H26N4O2. The molecule has 0 radical (unpaired) electrons. The Morgan fingerprint density at radius 3 is 2.10 bits per heavy atom. The van der Waals surface area contributed by atoms with Crippen molar-refractivity contribution in [2.24, 2.45) is 11.8 Å². The summed E-state index contributed by atoms with van der Waals surface area (Å²) in [5.74, 6) is 0.548. The predicted molar refractivity (Wildman–Crippen MR) is 113 cm³/mol. The van der Waals surface area contributed by atoms with E-state index in [1.807, 2.05) is 65.6 Å². The molecule has 3 aromatic rings. The lowest BCUT2D eigenvalue weighted by molar-refractivity contribution is -0.131. The van der Waals surface area contributed by atoms with Crippen molar-refractivity contribution in [2.45, 2.75) is 30.9 Å². The van der Waals surface area contributed by atoms with Gasteiger partial charge in [0.25, 0.3) is 0 Å². The van der Waals surface area contributed by atoms with Gasteiger partial charge >= 0.3 is 0 Å². The van der Waals surface area contributed by atoms with Crippen LogP contribution in [0.25, 0.3) is 0 Å². The molecule has 1 aliphatic heterocycles. The maximum Gasteiger partial charge on any atom is 0.234 e. The number of hydrogen-bond acceptors (Lipinski definition) is 4. The van der Waals surface area contributed by atoms with Gasteiger partial charge in [-0.05, 0) is 35.8 Å². The van der Waals surface area contributed by atoms with Gasteiger partial charge in [0.15, 0.2) is 0 Å². The third-order valence-electron chi connectivity index (χ3n) is 6.71. The number of aromatic nitrogens is 3. The first kappa shape index (κ1) is 19.0. The molecule has 1 amide bonds. The van der Waals surface area contributed by atoms with Crippen LogP contribution in [0, 0.1) is 11.8 Å². The minimum Gasteiger partial charge on any atom is -0.391 e. The summed E-state index contributed by atoms with van der Waals surface area (Å²) in [7, 11) is 0. The van der Waals surface area contributed by atoms with E-state index in [0.717, 1.165) is 24.1 Å². The fourth-order valence-electron chi connectivity index (χ4n) is 5.21. The highest BCUT2D eigenvalue weighted by atomic mass is 16.3. The monoisotopic (exact) mass is 402 g/mol. The van der Waals surface area contributed by atoms with Gasteiger partial charge in [-0.25, -0.2) is 9.67 Å². The fraction of sp³-hybridized carbons (Fsp3) is 0.375. The Hall–Kier alpha value is -2.99. The van der Waals surface area contributed by atoms with Crippen LogP contribution in [0.5, 0.6) is 0 Å². The molecule has 6 nitrogen and oxygen atoms in total. The third-order valence-corrected chi connectivity index (χ3v) is 6.71. The first-order valence-electron chi connectivity index (χ1n) is 10.6. The molecule has 6 heteroatoms. The summed E-state index contributed by atoms with van der Waals surface area (Å²) in [4.78, 5) is 19.8. The van der Waals surface area contributed by atoms with Crippen LogP contribution in [0.3, 0.4) is 0 Å². The van der Waals surface area contributed by atoms with Crippen LogP contribution in [-0.4, -0.2) is 49.9 Å². The van der Waals surface area contributed by atoms with Crippen LogP contribution in [0.1, 0.15) is 35.9 Å². The van der Waals surface area contributed by atoms with E-state index in [0.29, 0.717) is 24.8 Å². The lowest BCUT2D eigenvalue weighted by atomic mass is 9.77. The van der Waals surface area contributed by atoms with Crippen molar-refractivity contribution >= 4 is 5.91 Å². The Labute approximate surface area is 176 Å². The molecule has 1 saturated carbocycles. The van der Waals surface area contributed by atoms with E-state index in [4.69, 9.17) is 0 Å². The molecule has 5 rings (SSSR count). The molecule has 2 aliphatic rings. The van der Waals surface area contributed by atoms with Crippen molar-refractivity contribution < 1.29 is 9.90 Å². The molecule has 1 saturated heterocycles. The van der Waals surface area contributed by atoms with E-state index in [1.54, 1.807) is 11.0 Å². The van der Waals surface area contributed by atoms with Gasteiger partial charge in [0.05, 0.1) is 18.1 Å². The highest BCUT2D eigenvalue weighted by Gasteiger charge is 2.45. The van der Waals surface area contributed by atoms with Gasteiger partial charge in [-0.1, -0.05) is 60.7 Å². The van der Waals surface area contributed by atoms with E-state index in [9.17, 15) is 9.90 Å². The van der Waals surface area contributed by atoms with Gasteiger partial charge in [0.1, 0.15) is 12.7 Å². The number of rotatable bonds is 4. The van der Waals surface area contributed by atoms with E-state index < -0.39 is 6.10 Å². The molecule has 154 valence electrons. The zero-order valence-electron chi connectivity index (χ0n) is 16.8. The van der Waals surface area contributed by atoms with E-state index >= 15 is 0 Å². The van der Waals surface area contributed by atoms with Crippen molar-refractivity contribution in [1.29, 1.82) is 0 Å². The van der Waals surface area contributed by atoms with Gasteiger partial charge in [-0.15, -0.1) is 0 Å². The lowest BCUT2D eigenvalue weighted by Gasteiger charge is -2.34.